The predicted octanol–water partition coefficient (Wildman–Crippen LogP) is 6.67. The van der Waals surface area contributed by atoms with Crippen molar-refractivity contribution in [1.82, 2.24) is 0 Å². The summed E-state index contributed by atoms with van der Waals surface area (Å²) in [5.74, 6) is 0. The van der Waals surface area contributed by atoms with Crippen LogP contribution >= 0.6 is 8.58 Å². The van der Waals surface area contributed by atoms with E-state index >= 15 is 0 Å². The summed E-state index contributed by atoms with van der Waals surface area (Å²) < 4.78 is 0. The molecule has 2 heteroatoms. The van der Waals surface area contributed by atoms with Gasteiger partial charge in [-0.3, -0.25) is 0 Å². The molecule has 0 nitrogen and oxygen atoms in total. The Morgan fingerprint density at radius 3 is 2.14 bits per heavy atom. The smallest absolute Gasteiger partial charge is 0.168 e. The Kier molecular flexibility index (Phi) is 7.40. The van der Waals surface area contributed by atoms with E-state index in [2.05, 4.69) is 112 Å². The van der Waals surface area contributed by atoms with Crippen molar-refractivity contribution in [2.24, 2.45) is 0 Å². The molecule has 0 aliphatic rings. The fourth-order valence-corrected chi connectivity index (χ4v) is 5.02. The summed E-state index contributed by atoms with van der Waals surface area (Å²) in [7, 11) is 0.754. The maximum absolute atomic E-state index is 2.29. The molecule has 0 aromatic heterocycles. The molecule has 0 amide bonds. The molecule has 0 saturated heterocycles. The van der Waals surface area contributed by atoms with Crippen LogP contribution in [0.2, 0.25) is 0 Å². The fourth-order valence-electron chi connectivity index (χ4n) is 3.74. The Morgan fingerprint density at radius 2 is 1.38 bits per heavy atom. The van der Waals surface area contributed by atoms with Crippen molar-refractivity contribution >= 4 is 40.7 Å². The number of rotatable bonds is 2. The van der Waals surface area contributed by atoms with Gasteiger partial charge in [-0.15, -0.1) is 83.0 Å². The average Bonchev–Trinajstić information content (AvgIpc) is 3.33. The van der Waals surface area contributed by atoms with Crippen LogP contribution in [0, 0.1) is 20.8 Å². The largest absolute Gasteiger partial charge is 2.00 e. The topological polar surface area (TPSA) is 0 Å². The maximum atomic E-state index is 2.29. The zero-order valence-electron chi connectivity index (χ0n) is 17.2. The van der Waals surface area contributed by atoms with Crippen molar-refractivity contribution in [3.63, 3.8) is 0 Å². The summed E-state index contributed by atoms with van der Waals surface area (Å²) >= 11 is 0. The predicted molar refractivity (Wildman–Crippen MR) is 127 cm³/mol. The molecular weight excluding hydrogens is 446 g/mol. The van der Waals surface area contributed by atoms with Gasteiger partial charge in [-0.25, -0.2) is 0 Å². The standard InChI is InChI=1S/C16H14P.C11H11.Zr/c1-12-11-13-7-5-6-10-15(13)16(12)17-14-8-3-2-4-9-14;1-8-6-7-9(2)11-5-3-4-10(8)11;/h2-11,17H,1H3;3-7H,1-2H3;/q2*-1;+2. The Balaban J connectivity index is 0.000000174. The first kappa shape index (κ1) is 21.9. The molecular formula is C27H25PZr. The third-order valence-corrected chi connectivity index (χ3v) is 6.82. The summed E-state index contributed by atoms with van der Waals surface area (Å²) in [6.07, 6.45) is 0. The minimum Gasteiger partial charge on any atom is -0.168 e. The quantitative estimate of drug-likeness (QED) is 0.199. The third kappa shape index (κ3) is 4.86. The van der Waals surface area contributed by atoms with Crippen LogP contribution < -0.4 is 10.6 Å². The van der Waals surface area contributed by atoms with Crippen LogP contribution in [0.1, 0.15) is 16.7 Å². The number of benzene rings is 3. The summed E-state index contributed by atoms with van der Waals surface area (Å²) in [5, 5.41) is 8.46. The molecule has 0 radical (unpaired) electrons. The van der Waals surface area contributed by atoms with Crippen LogP contribution in [-0.4, -0.2) is 0 Å². The molecule has 0 heterocycles. The van der Waals surface area contributed by atoms with E-state index < -0.39 is 0 Å². The Morgan fingerprint density at radius 1 is 0.690 bits per heavy atom. The molecule has 5 rings (SSSR count). The van der Waals surface area contributed by atoms with Crippen molar-refractivity contribution in [2.45, 2.75) is 20.8 Å². The van der Waals surface area contributed by atoms with Gasteiger partial charge in [0.05, 0.1) is 0 Å². The van der Waals surface area contributed by atoms with Crippen LogP contribution in [0.3, 0.4) is 0 Å². The number of hydrogen-bond donors (Lipinski definition) is 0. The van der Waals surface area contributed by atoms with Gasteiger partial charge in [-0.05, 0) is 12.2 Å². The van der Waals surface area contributed by atoms with Crippen molar-refractivity contribution in [1.29, 1.82) is 0 Å². The fraction of sp³-hybridized carbons (Fsp3) is 0.111. The Bertz CT molecular complexity index is 1180. The van der Waals surface area contributed by atoms with Gasteiger partial charge in [-0.1, -0.05) is 61.9 Å². The van der Waals surface area contributed by atoms with E-state index in [1.807, 2.05) is 0 Å². The van der Waals surface area contributed by atoms with Gasteiger partial charge in [0.25, 0.3) is 0 Å². The van der Waals surface area contributed by atoms with E-state index in [-0.39, 0.29) is 26.2 Å². The van der Waals surface area contributed by atoms with E-state index in [4.69, 9.17) is 0 Å². The summed E-state index contributed by atoms with van der Waals surface area (Å²) in [6, 6.07) is 32.5. The van der Waals surface area contributed by atoms with E-state index in [9.17, 15) is 0 Å². The van der Waals surface area contributed by atoms with Gasteiger partial charge in [0.1, 0.15) is 0 Å². The zero-order chi connectivity index (χ0) is 19.5. The molecule has 1 unspecified atom stereocenters. The van der Waals surface area contributed by atoms with Crippen LogP contribution in [0.4, 0.5) is 0 Å². The summed E-state index contributed by atoms with van der Waals surface area (Å²) in [5.41, 5.74) is 4.15. The first-order chi connectivity index (χ1) is 13.6. The molecule has 0 fully saturated rings. The molecule has 142 valence electrons. The normalized spacial score (nSPS) is 10.9. The Hall–Kier alpha value is -1.81. The average molecular weight is 472 g/mol. The van der Waals surface area contributed by atoms with Gasteiger partial charge in [-0.2, -0.15) is 12.1 Å². The van der Waals surface area contributed by atoms with Crippen molar-refractivity contribution in [3.8, 4) is 0 Å². The van der Waals surface area contributed by atoms with Crippen LogP contribution in [0.15, 0.2) is 91.0 Å². The molecule has 0 N–H and O–H groups in total. The molecule has 5 aromatic carbocycles. The number of aryl methyl sites for hydroxylation is 3. The SMILES string of the molecule is Cc1[cH-]c2ccccc2c1Pc1ccccc1.Cc1ccc(C)c2[cH-]ccc12.[Zr+2]. The second-order valence-electron chi connectivity index (χ2n) is 7.33. The molecule has 0 bridgehead atoms. The third-order valence-electron chi connectivity index (χ3n) is 5.29. The minimum atomic E-state index is 0. The molecule has 5 aromatic rings. The molecule has 0 aliphatic heterocycles. The molecule has 0 aliphatic carbocycles. The number of fused-ring (bicyclic) bond motifs is 2. The van der Waals surface area contributed by atoms with Gasteiger partial charge < -0.3 is 0 Å². The molecule has 0 spiro atoms. The first-order valence-corrected chi connectivity index (χ1v) is 10.7. The monoisotopic (exact) mass is 470 g/mol. The molecule has 0 saturated carbocycles. The minimum absolute atomic E-state index is 0. The Labute approximate surface area is 194 Å². The molecule has 1 atom stereocenters. The van der Waals surface area contributed by atoms with Gasteiger partial charge >= 0.3 is 26.2 Å². The summed E-state index contributed by atoms with van der Waals surface area (Å²) in [4.78, 5) is 0. The van der Waals surface area contributed by atoms with E-state index in [1.54, 1.807) is 0 Å². The molecule has 29 heavy (non-hydrogen) atoms. The van der Waals surface area contributed by atoms with Crippen LogP contribution in [-0.2, 0) is 26.2 Å². The van der Waals surface area contributed by atoms with Gasteiger partial charge in [0, 0.05) is 0 Å². The first-order valence-electron chi connectivity index (χ1n) is 9.72. The van der Waals surface area contributed by atoms with E-state index in [1.165, 1.54) is 48.8 Å². The second kappa shape index (κ2) is 9.80. The second-order valence-corrected chi connectivity index (χ2v) is 8.66. The van der Waals surface area contributed by atoms with Crippen molar-refractivity contribution < 1.29 is 26.2 Å². The van der Waals surface area contributed by atoms with Crippen LogP contribution in [0.5, 0.6) is 0 Å². The van der Waals surface area contributed by atoms with Gasteiger partial charge in [0.2, 0.25) is 0 Å². The van der Waals surface area contributed by atoms with E-state index in [0.717, 1.165) is 8.58 Å². The number of hydrogen-bond acceptors (Lipinski definition) is 0. The van der Waals surface area contributed by atoms with Crippen molar-refractivity contribution in [3.05, 3.63) is 108 Å². The van der Waals surface area contributed by atoms with Crippen LogP contribution in [0.25, 0.3) is 21.5 Å². The zero-order valence-corrected chi connectivity index (χ0v) is 20.6. The summed E-state index contributed by atoms with van der Waals surface area (Å²) in [6.45, 7) is 6.52. The van der Waals surface area contributed by atoms with Gasteiger partial charge in [0.15, 0.2) is 0 Å². The van der Waals surface area contributed by atoms with E-state index in [0.29, 0.717) is 0 Å². The maximum Gasteiger partial charge on any atom is 2.00 e. The van der Waals surface area contributed by atoms with Crippen molar-refractivity contribution in [2.75, 3.05) is 0 Å².